The molecule has 0 saturated heterocycles. The number of nitrogens with one attached hydrogen (secondary N) is 1. The molecule has 0 fully saturated rings. The molecular weight excluding hydrogens is 256 g/mol. The van der Waals surface area contributed by atoms with Crippen molar-refractivity contribution in [3.05, 3.63) is 36.9 Å². The molecule has 0 atom stereocenters. The largest absolute Gasteiger partial charge is 0.490 e. The molecule has 1 N–H and O–H groups in total. The lowest BCUT2D eigenvalue weighted by atomic mass is 10.2. The zero-order valence-electron chi connectivity index (χ0n) is 11.3. The van der Waals surface area contributed by atoms with Gasteiger partial charge in [-0.25, -0.2) is 0 Å². The minimum Gasteiger partial charge on any atom is -0.490 e. The van der Waals surface area contributed by atoms with Crippen molar-refractivity contribution in [1.82, 2.24) is 5.32 Å². The molecule has 1 heterocycles. The Kier molecular flexibility index (Phi) is 4.76. The number of fused-ring (bicyclic) bond motifs is 1. The van der Waals surface area contributed by atoms with Crippen LogP contribution in [0, 0.1) is 0 Å². The summed E-state index contributed by atoms with van der Waals surface area (Å²) >= 11 is 0. The average Bonchev–Trinajstić information content (AvgIpc) is 2.50. The third-order valence-electron chi connectivity index (χ3n) is 3.08. The first kappa shape index (κ1) is 14.1. The fourth-order valence-corrected chi connectivity index (χ4v) is 2.09. The van der Waals surface area contributed by atoms with Gasteiger partial charge in [0.1, 0.15) is 12.4 Å². The van der Waals surface area contributed by atoms with Gasteiger partial charge in [-0.1, -0.05) is 18.7 Å². The van der Waals surface area contributed by atoms with Gasteiger partial charge in [0.2, 0.25) is 11.8 Å². The molecule has 0 aliphatic carbocycles. The second kappa shape index (κ2) is 6.75. The van der Waals surface area contributed by atoms with E-state index in [-0.39, 0.29) is 11.8 Å². The first-order valence-corrected chi connectivity index (χ1v) is 6.65. The highest BCUT2D eigenvalue weighted by atomic mass is 16.5. The lowest BCUT2D eigenvalue weighted by Crippen LogP contribution is -2.38. The molecule has 1 aromatic rings. The summed E-state index contributed by atoms with van der Waals surface area (Å²) < 4.78 is 5.51. The fourth-order valence-electron chi connectivity index (χ4n) is 2.09. The van der Waals surface area contributed by atoms with E-state index in [9.17, 15) is 9.59 Å². The molecule has 0 saturated carbocycles. The van der Waals surface area contributed by atoms with Crippen LogP contribution >= 0.6 is 0 Å². The topological polar surface area (TPSA) is 58.6 Å². The van der Waals surface area contributed by atoms with Crippen LogP contribution in [0.25, 0.3) is 0 Å². The molecular formula is C15H18N2O3. The number of rotatable bonds is 5. The average molecular weight is 274 g/mol. The molecule has 5 nitrogen and oxygen atoms in total. The Morgan fingerprint density at radius 1 is 1.40 bits per heavy atom. The summed E-state index contributed by atoms with van der Waals surface area (Å²) in [6.07, 6.45) is 2.23. The van der Waals surface area contributed by atoms with Gasteiger partial charge in [0.15, 0.2) is 0 Å². The van der Waals surface area contributed by atoms with Crippen LogP contribution in [-0.2, 0) is 9.59 Å². The van der Waals surface area contributed by atoms with E-state index in [1.54, 1.807) is 4.90 Å². The number of amides is 2. The predicted molar refractivity (Wildman–Crippen MR) is 76.7 cm³/mol. The maximum Gasteiger partial charge on any atom is 0.243 e. The van der Waals surface area contributed by atoms with Gasteiger partial charge in [0, 0.05) is 13.0 Å². The van der Waals surface area contributed by atoms with Gasteiger partial charge in [-0.05, 0) is 24.6 Å². The van der Waals surface area contributed by atoms with Crippen molar-refractivity contribution in [2.75, 3.05) is 24.6 Å². The number of para-hydroxylation sites is 2. The summed E-state index contributed by atoms with van der Waals surface area (Å²) in [6.45, 7) is 4.92. The second-order valence-electron chi connectivity index (χ2n) is 4.46. The van der Waals surface area contributed by atoms with Crippen LogP contribution in [0.1, 0.15) is 12.8 Å². The maximum atomic E-state index is 12.2. The number of carbonyl (C=O) groups is 2. The minimum atomic E-state index is -0.214. The van der Waals surface area contributed by atoms with E-state index in [1.807, 2.05) is 24.3 Å². The number of benzene rings is 1. The molecule has 2 rings (SSSR count). The molecule has 5 heteroatoms. The van der Waals surface area contributed by atoms with Crippen molar-refractivity contribution in [2.24, 2.45) is 0 Å². The van der Waals surface area contributed by atoms with E-state index < -0.39 is 0 Å². The molecule has 1 aliphatic rings. The Morgan fingerprint density at radius 3 is 3.00 bits per heavy atom. The zero-order chi connectivity index (χ0) is 14.4. The number of hydrogen-bond acceptors (Lipinski definition) is 3. The van der Waals surface area contributed by atoms with E-state index in [4.69, 9.17) is 4.74 Å². The summed E-state index contributed by atoms with van der Waals surface area (Å²) in [4.78, 5) is 24.9. The third-order valence-corrected chi connectivity index (χ3v) is 3.08. The Bertz CT molecular complexity index is 514. The van der Waals surface area contributed by atoms with Crippen LogP contribution < -0.4 is 15.0 Å². The number of nitrogens with zero attached hydrogens (tertiary/aromatic N) is 1. The predicted octanol–water partition coefficient (Wildman–Crippen LogP) is 1.49. The first-order chi connectivity index (χ1) is 9.72. The Balaban J connectivity index is 1.87. The van der Waals surface area contributed by atoms with E-state index in [1.165, 1.54) is 6.08 Å². The van der Waals surface area contributed by atoms with Gasteiger partial charge >= 0.3 is 0 Å². The number of hydrogen-bond donors (Lipinski definition) is 1. The monoisotopic (exact) mass is 274 g/mol. The van der Waals surface area contributed by atoms with E-state index in [0.717, 1.165) is 11.4 Å². The third kappa shape index (κ3) is 3.38. The number of carbonyl (C=O) groups excluding carboxylic acids is 2. The molecule has 20 heavy (non-hydrogen) atoms. The molecule has 0 spiro atoms. The Labute approximate surface area is 118 Å². The van der Waals surface area contributed by atoms with Crippen LogP contribution in [0.15, 0.2) is 36.9 Å². The lowest BCUT2D eigenvalue weighted by Gasteiger charge is -2.29. The first-order valence-electron chi connectivity index (χ1n) is 6.65. The Morgan fingerprint density at radius 2 is 2.20 bits per heavy atom. The van der Waals surface area contributed by atoms with Crippen molar-refractivity contribution in [3.63, 3.8) is 0 Å². The van der Waals surface area contributed by atoms with Gasteiger partial charge in [-0.3, -0.25) is 9.59 Å². The molecule has 1 aromatic carbocycles. The second-order valence-corrected chi connectivity index (χ2v) is 4.46. The summed E-state index contributed by atoms with van der Waals surface area (Å²) in [6, 6.07) is 7.51. The van der Waals surface area contributed by atoms with Gasteiger partial charge in [-0.2, -0.15) is 0 Å². The van der Waals surface area contributed by atoms with Crippen LogP contribution in [0.2, 0.25) is 0 Å². The molecule has 0 unspecified atom stereocenters. The fraction of sp³-hybridized carbons (Fsp3) is 0.333. The van der Waals surface area contributed by atoms with Gasteiger partial charge in [-0.15, -0.1) is 0 Å². The number of anilines is 1. The molecule has 106 valence electrons. The van der Waals surface area contributed by atoms with Crippen molar-refractivity contribution < 1.29 is 14.3 Å². The summed E-state index contributed by atoms with van der Waals surface area (Å²) in [7, 11) is 0. The molecule has 1 aliphatic heterocycles. The highest BCUT2D eigenvalue weighted by Gasteiger charge is 2.22. The minimum absolute atomic E-state index is 0.0496. The van der Waals surface area contributed by atoms with E-state index in [0.29, 0.717) is 32.5 Å². The normalized spacial score (nSPS) is 13.1. The lowest BCUT2D eigenvalue weighted by molar-refractivity contribution is -0.119. The SMILES string of the molecule is C=CC(=O)NCCCC(=O)N1CCOc2ccccc21. The van der Waals surface area contributed by atoms with Crippen molar-refractivity contribution >= 4 is 17.5 Å². The van der Waals surface area contributed by atoms with Crippen molar-refractivity contribution in [1.29, 1.82) is 0 Å². The summed E-state index contributed by atoms with van der Waals surface area (Å²) in [5.41, 5.74) is 0.818. The van der Waals surface area contributed by atoms with E-state index >= 15 is 0 Å². The summed E-state index contributed by atoms with van der Waals surface area (Å²) in [5, 5.41) is 2.66. The van der Waals surface area contributed by atoms with Crippen LogP contribution in [0.4, 0.5) is 5.69 Å². The van der Waals surface area contributed by atoms with Crippen LogP contribution in [0.3, 0.4) is 0 Å². The smallest absolute Gasteiger partial charge is 0.243 e. The number of ether oxygens (including phenoxy) is 1. The van der Waals surface area contributed by atoms with Crippen LogP contribution in [0.5, 0.6) is 5.75 Å². The molecule has 0 aromatic heterocycles. The van der Waals surface area contributed by atoms with Crippen LogP contribution in [-0.4, -0.2) is 31.5 Å². The van der Waals surface area contributed by atoms with Gasteiger partial charge in [0.05, 0.1) is 12.2 Å². The molecule has 0 radical (unpaired) electrons. The van der Waals surface area contributed by atoms with Gasteiger partial charge < -0.3 is 15.0 Å². The van der Waals surface area contributed by atoms with Crippen molar-refractivity contribution in [3.8, 4) is 5.75 Å². The van der Waals surface area contributed by atoms with Gasteiger partial charge in [0.25, 0.3) is 0 Å². The highest BCUT2D eigenvalue weighted by molar-refractivity contribution is 5.95. The summed E-state index contributed by atoms with van der Waals surface area (Å²) in [5.74, 6) is 0.579. The van der Waals surface area contributed by atoms with Crippen molar-refractivity contribution in [2.45, 2.75) is 12.8 Å². The quantitative estimate of drug-likeness (QED) is 0.654. The molecule has 2 amide bonds. The standard InChI is InChI=1S/C15H18N2O3/c1-2-14(18)16-9-5-8-15(19)17-10-11-20-13-7-4-3-6-12(13)17/h2-4,6-7H,1,5,8-11H2,(H,16,18). The molecule has 0 bridgehead atoms. The zero-order valence-corrected chi connectivity index (χ0v) is 11.3. The highest BCUT2D eigenvalue weighted by Crippen LogP contribution is 2.31. The maximum absolute atomic E-state index is 12.2. The van der Waals surface area contributed by atoms with E-state index in [2.05, 4.69) is 11.9 Å². The Hall–Kier alpha value is -2.30.